The summed E-state index contributed by atoms with van der Waals surface area (Å²) < 4.78 is 6.38. The first-order valence-corrected chi connectivity index (χ1v) is 12.4. The molecule has 0 unspecified atom stereocenters. The molecule has 5 heteroatoms. The van der Waals surface area contributed by atoms with E-state index in [4.69, 9.17) is 9.72 Å². The number of methoxy groups -OCH3 is 1. The van der Waals surface area contributed by atoms with E-state index in [0.29, 0.717) is 18.1 Å². The van der Waals surface area contributed by atoms with Crippen LogP contribution in [0, 0.1) is 0 Å². The number of carbonyl (C=O) groups excluding carboxylic acids is 1. The van der Waals surface area contributed by atoms with E-state index in [2.05, 4.69) is 24.3 Å². The van der Waals surface area contributed by atoms with Crippen molar-refractivity contribution in [1.29, 1.82) is 0 Å². The number of thiazole rings is 1. The Morgan fingerprint density at radius 2 is 1.46 bits per heavy atom. The van der Waals surface area contributed by atoms with E-state index < -0.39 is 0 Å². The molecule has 4 nitrogen and oxygen atoms in total. The second-order valence-electron chi connectivity index (χ2n) is 8.37. The molecule has 0 aliphatic carbocycles. The molecular formula is C30H26N2O2S. The molecule has 0 N–H and O–H groups in total. The summed E-state index contributed by atoms with van der Waals surface area (Å²) in [6.07, 6.45) is 0.347. The van der Waals surface area contributed by atoms with Crippen molar-refractivity contribution in [3.63, 3.8) is 0 Å². The normalized spacial score (nSPS) is 11.0. The van der Waals surface area contributed by atoms with Crippen LogP contribution in [0.4, 0.5) is 5.13 Å². The smallest absolute Gasteiger partial charge is 0.230 e. The van der Waals surface area contributed by atoms with Gasteiger partial charge in [-0.05, 0) is 34.9 Å². The minimum atomic E-state index is -0.0438. The minimum Gasteiger partial charge on any atom is -0.497 e. The first kappa shape index (κ1) is 22.8. The lowest BCUT2D eigenvalue weighted by molar-refractivity contribution is -0.119. The molecule has 1 aromatic heterocycles. The van der Waals surface area contributed by atoms with Gasteiger partial charge in [0.25, 0.3) is 0 Å². The molecule has 0 spiro atoms. The van der Waals surface area contributed by atoms with E-state index in [1.807, 2.05) is 89.8 Å². The van der Waals surface area contributed by atoms with Gasteiger partial charge in [0, 0.05) is 12.3 Å². The van der Waals surface area contributed by atoms with Crippen LogP contribution in [0.1, 0.15) is 29.0 Å². The highest BCUT2D eigenvalue weighted by molar-refractivity contribution is 7.22. The number of nitrogens with zero attached hydrogens (tertiary/aromatic N) is 2. The van der Waals surface area contributed by atoms with Gasteiger partial charge >= 0.3 is 0 Å². The number of carbonyl (C=O) groups is 1. The summed E-state index contributed by atoms with van der Waals surface area (Å²) in [5.41, 5.74) is 4.18. The third-order valence-corrected chi connectivity index (χ3v) is 7.12. The monoisotopic (exact) mass is 478 g/mol. The van der Waals surface area contributed by atoms with Gasteiger partial charge in [0.15, 0.2) is 5.13 Å². The molecule has 0 radical (unpaired) electrons. The molecule has 1 heterocycles. The van der Waals surface area contributed by atoms with Crippen LogP contribution in [0.15, 0.2) is 109 Å². The summed E-state index contributed by atoms with van der Waals surface area (Å²) in [5, 5.41) is 0.696. The number of ether oxygens (including phenoxy) is 1. The van der Waals surface area contributed by atoms with E-state index in [0.717, 1.165) is 32.7 Å². The molecule has 0 fully saturated rings. The van der Waals surface area contributed by atoms with Gasteiger partial charge in [-0.2, -0.15) is 0 Å². The van der Waals surface area contributed by atoms with Gasteiger partial charge in [0.2, 0.25) is 5.91 Å². The van der Waals surface area contributed by atoms with Gasteiger partial charge in [-0.15, -0.1) is 0 Å². The Labute approximate surface area is 209 Å². The Balaban J connectivity index is 1.52. The number of hydrogen-bond donors (Lipinski definition) is 0. The second-order valence-corrected chi connectivity index (χ2v) is 9.38. The molecule has 4 aromatic carbocycles. The SMILES string of the molecule is COc1ccc2nc(N(Cc3ccccc3)C(=O)CC(c3ccccc3)c3ccccc3)sc2c1. The summed E-state index contributed by atoms with van der Waals surface area (Å²) in [4.78, 5) is 20.6. The topological polar surface area (TPSA) is 42.4 Å². The van der Waals surface area contributed by atoms with E-state index in [1.165, 1.54) is 11.3 Å². The van der Waals surface area contributed by atoms with Crippen molar-refractivity contribution in [1.82, 2.24) is 4.98 Å². The minimum absolute atomic E-state index is 0.0394. The summed E-state index contributed by atoms with van der Waals surface area (Å²) in [5.74, 6) is 0.775. The molecule has 35 heavy (non-hydrogen) atoms. The molecule has 0 aliphatic heterocycles. The number of amides is 1. The molecule has 5 aromatic rings. The van der Waals surface area contributed by atoms with Crippen molar-refractivity contribution in [2.75, 3.05) is 12.0 Å². The van der Waals surface area contributed by atoms with E-state index in [-0.39, 0.29) is 11.8 Å². The van der Waals surface area contributed by atoms with Gasteiger partial charge in [0.1, 0.15) is 5.75 Å². The second kappa shape index (κ2) is 10.5. The highest BCUT2D eigenvalue weighted by atomic mass is 32.1. The van der Waals surface area contributed by atoms with E-state index >= 15 is 0 Å². The van der Waals surface area contributed by atoms with Crippen LogP contribution in [-0.2, 0) is 11.3 Å². The Bertz CT molecular complexity index is 1360. The molecule has 0 atom stereocenters. The predicted molar refractivity (Wildman–Crippen MR) is 143 cm³/mol. The number of anilines is 1. The van der Waals surface area contributed by atoms with Crippen LogP contribution < -0.4 is 9.64 Å². The van der Waals surface area contributed by atoms with Crippen LogP contribution >= 0.6 is 11.3 Å². The fourth-order valence-corrected chi connectivity index (χ4v) is 5.26. The third kappa shape index (κ3) is 5.26. The van der Waals surface area contributed by atoms with Gasteiger partial charge in [0.05, 0.1) is 23.9 Å². The van der Waals surface area contributed by atoms with Gasteiger partial charge in [-0.25, -0.2) is 4.98 Å². The fraction of sp³-hybridized carbons (Fsp3) is 0.133. The molecule has 0 saturated heterocycles. The Kier molecular flexibility index (Phi) is 6.87. The van der Waals surface area contributed by atoms with Crippen molar-refractivity contribution >= 4 is 32.6 Å². The maximum atomic E-state index is 14.0. The van der Waals surface area contributed by atoms with Gasteiger partial charge in [-0.1, -0.05) is 102 Å². The number of hydrogen-bond acceptors (Lipinski definition) is 4. The quantitative estimate of drug-likeness (QED) is 0.240. The zero-order valence-corrected chi connectivity index (χ0v) is 20.3. The van der Waals surface area contributed by atoms with E-state index in [9.17, 15) is 4.79 Å². The molecule has 0 bridgehead atoms. The van der Waals surface area contributed by atoms with E-state index in [1.54, 1.807) is 7.11 Å². The van der Waals surface area contributed by atoms with Gasteiger partial charge in [-0.3, -0.25) is 9.69 Å². The first-order valence-electron chi connectivity index (χ1n) is 11.6. The fourth-order valence-electron chi connectivity index (χ4n) is 4.25. The maximum Gasteiger partial charge on any atom is 0.230 e. The lowest BCUT2D eigenvalue weighted by Gasteiger charge is -2.24. The van der Waals surface area contributed by atoms with Crippen LogP contribution in [0.25, 0.3) is 10.2 Å². The number of aromatic nitrogens is 1. The molecule has 1 amide bonds. The van der Waals surface area contributed by atoms with Crippen molar-refractivity contribution in [2.45, 2.75) is 18.9 Å². The van der Waals surface area contributed by atoms with Gasteiger partial charge < -0.3 is 4.74 Å². The zero-order valence-electron chi connectivity index (χ0n) is 19.5. The Morgan fingerprint density at radius 3 is 2.06 bits per heavy atom. The zero-order chi connectivity index (χ0) is 24.0. The largest absolute Gasteiger partial charge is 0.497 e. The molecule has 5 rings (SSSR count). The van der Waals surface area contributed by atoms with Crippen LogP contribution in [0.5, 0.6) is 5.75 Å². The Morgan fingerprint density at radius 1 is 0.857 bits per heavy atom. The summed E-state index contributed by atoms with van der Waals surface area (Å²) in [7, 11) is 1.65. The van der Waals surface area contributed by atoms with Crippen molar-refractivity contribution < 1.29 is 9.53 Å². The van der Waals surface area contributed by atoms with Crippen molar-refractivity contribution in [2.24, 2.45) is 0 Å². The highest BCUT2D eigenvalue weighted by Crippen LogP contribution is 2.35. The first-order chi connectivity index (χ1) is 17.2. The molecule has 0 aliphatic rings. The lowest BCUT2D eigenvalue weighted by Crippen LogP contribution is -2.31. The van der Waals surface area contributed by atoms with Crippen LogP contribution in [-0.4, -0.2) is 18.0 Å². The molecule has 174 valence electrons. The molecular weight excluding hydrogens is 452 g/mol. The highest BCUT2D eigenvalue weighted by Gasteiger charge is 2.25. The lowest BCUT2D eigenvalue weighted by atomic mass is 9.88. The summed E-state index contributed by atoms with van der Waals surface area (Å²) in [6, 6.07) is 36.4. The Hall–Kier alpha value is -3.96. The maximum absolute atomic E-state index is 14.0. The van der Waals surface area contributed by atoms with Crippen LogP contribution in [0.2, 0.25) is 0 Å². The third-order valence-electron chi connectivity index (χ3n) is 6.08. The predicted octanol–water partition coefficient (Wildman–Crippen LogP) is 7.06. The standard InChI is InChI=1S/C30H26N2O2S/c1-34-25-17-18-27-28(19-25)35-30(31-27)32(21-22-11-5-2-6-12-22)29(33)20-26(23-13-7-3-8-14-23)24-15-9-4-10-16-24/h2-19,26H,20-21H2,1H3. The van der Waals surface area contributed by atoms with Crippen LogP contribution in [0.3, 0.4) is 0 Å². The van der Waals surface area contributed by atoms with Crippen molar-refractivity contribution in [3.8, 4) is 5.75 Å². The number of benzene rings is 4. The summed E-state index contributed by atoms with van der Waals surface area (Å²) in [6.45, 7) is 0.465. The average molecular weight is 479 g/mol. The summed E-state index contributed by atoms with van der Waals surface area (Å²) >= 11 is 1.52. The number of rotatable bonds is 8. The van der Waals surface area contributed by atoms with Crippen molar-refractivity contribution in [3.05, 3.63) is 126 Å². The molecule has 0 saturated carbocycles. The number of fused-ring (bicyclic) bond motifs is 1. The average Bonchev–Trinajstić information content (AvgIpc) is 3.34.